The van der Waals surface area contributed by atoms with Gasteiger partial charge >= 0.3 is 0 Å². The van der Waals surface area contributed by atoms with Crippen LogP contribution in [0.25, 0.3) is 0 Å². The Hall–Kier alpha value is -3.22. The third kappa shape index (κ3) is 6.50. The number of rotatable bonds is 9. The molecular weight excluding hydrogens is 360 g/mol. The van der Waals surface area contributed by atoms with Gasteiger partial charge in [-0.2, -0.15) is 0 Å². The predicted molar refractivity (Wildman–Crippen MR) is 105 cm³/mol. The van der Waals surface area contributed by atoms with Gasteiger partial charge in [0, 0.05) is 0 Å². The van der Waals surface area contributed by atoms with Crippen molar-refractivity contribution >= 4 is 11.8 Å². The first-order valence-corrected chi connectivity index (χ1v) is 9.18. The summed E-state index contributed by atoms with van der Waals surface area (Å²) in [5.74, 6) is 1.05. The lowest BCUT2D eigenvalue weighted by Crippen LogP contribution is -2.44. The van der Waals surface area contributed by atoms with Crippen molar-refractivity contribution in [2.75, 3.05) is 19.8 Å². The number of amides is 2. The molecule has 0 heterocycles. The molecule has 0 aliphatic rings. The summed E-state index contributed by atoms with van der Waals surface area (Å²) in [5, 5.41) is 0. The quantitative estimate of drug-likeness (QED) is 0.647. The van der Waals surface area contributed by atoms with E-state index in [1.807, 2.05) is 39.0 Å². The lowest BCUT2D eigenvalue weighted by atomic mass is 10.1. The van der Waals surface area contributed by atoms with Crippen molar-refractivity contribution in [2.45, 2.75) is 27.2 Å². The molecular formula is C21H26N2O5. The Morgan fingerprint density at radius 2 is 1.50 bits per heavy atom. The Labute approximate surface area is 165 Å². The molecule has 0 radical (unpaired) electrons. The molecule has 0 fully saturated rings. The topological polar surface area (TPSA) is 85.9 Å². The van der Waals surface area contributed by atoms with Crippen LogP contribution in [0.1, 0.15) is 25.0 Å². The van der Waals surface area contributed by atoms with E-state index in [2.05, 4.69) is 10.9 Å². The van der Waals surface area contributed by atoms with Gasteiger partial charge in [-0.1, -0.05) is 24.3 Å². The first-order chi connectivity index (χ1) is 13.5. The number of carbonyl (C=O) groups excluding carboxylic acids is 2. The maximum absolute atomic E-state index is 12.1. The first-order valence-electron chi connectivity index (χ1n) is 9.18. The number of para-hydroxylation sites is 1. The fraction of sp³-hybridized carbons (Fsp3) is 0.333. The van der Waals surface area contributed by atoms with E-state index in [9.17, 15) is 9.59 Å². The molecule has 0 spiro atoms. The van der Waals surface area contributed by atoms with E-state index < -0.39 is 5.91 Å². The van der Waals surface area contributed by atoms with E-state index in [1.54, 1.807) is 24.3 Å². The molecule has 2 N–H and O–H groups in total. The number of aryl methyl sites for hydroxylation is 1. The van der Waals surface area contributed by atoms with Crippen LogP contribution in [0.2, 0.25) is 0 Å². The van der Waals surface area contributed by atoms with Gasteiger partial charge in [-0.15, -0.1) is 0 Å². The first kappa shape index (κ1) is 21.1. The molecule has 0 aromatic heterocycles. The van der Waals surface area contributed by atoms with Gasteiger partial charge in [0.15, 0.2) is 18.1 Å². The highest BCUT2D eigenvalue weighted by Crippen LogP contribution is 2.28. The summed E-state index contributed by atoms with van der Waals surface area (Å²) in [6.45, 7) is 6.49. The fourth-order valence-electron chi connectivity index (χ4n) is 2.47. The third-order valence-electron chi connectivity index (χ3n) is 3.77. The zero-order valence-corrected chi connectivity index (χ0v) is 16.4. The van der Waals surface area contributed by atoms with E-state index in [4.69, 9.17) is 14.2 Å². The molecule has 0 aliphatic heterocycles. The zero-order valence-electron chi connectivity index (χ0n) is 16.4. The number of ether oxygens (including phenoxy) is 3. The second-order valence-electron chi connectivity index (χ2n) is 5.97. The highest BCUT2D eigenvalue weighted by molar-refractivity contribution is 5.84. The largest absolute Gasteiger partial charge is 0.490 e. The van der Waals surface area contributed by atoms with Gasteiger partial charge in [-0.25, -0.2) is 0 Å². The number of benzene rings is 2. The van der Waals surface area contributed by atoms with E-state index in [0.29, 0.717) is 30.5 Å². The Kier molecular flexibility index (Phi) is 8.14. The van der Waals surface area contributed by atoms with Gasteiger partial charge < -0.3 is 14.2 Å². The van der Waals surface area contributed by atoms with Crippen molar-refractivity contribution in [2.24, 2.45) is 0 Å². The SMILES string of the molecule is CCOc1ccc(CC(=O)NNC(=O)COc2ccccc2C)cc1OCC. The smallest absolute Gasteiger partial charge is 0.276 e. The van der Waals surface area contributed by atoms with Crippen LogP contribution in [0, 0.1) is 6.92 Å². The maximum Gasteiger partial charge on any atom is 0.276 e. The highest BCUT2D eigenvalue weighted by atomic mass is 16.5. The van der Waals surface area contributed by atoms with Crippen molar-refractivity contribution in [1.29, 1.82) is 0 Å². The Morgan fingerprint density at radius 1 is 0.821 bits per heavy atom. The van der Waals surface area contributed by atoms with Crippen molar-refractivity contribution in [1.82, 2.24) is 10.9 Å². The van der Waals surface area contributed by atoms with Crippen LogP contribution in [0.4, 0.5) is 0 Å². The molecule has 7 nitrogen and oxygen atoms in total. The summed E-state index contributed by atoms with van der Waals surface area (Å²) in [6.07, 6.45) is 0.0887. The number of hydrogen-bond acceptors (Lipinski definition) is 5. The summed E-state index contributed by atoms with van der Waals surface area (Å²) in [7, 11) is 0. The second-order valence-corrected chi connectivity index (χ2v) is 5.97. The minimum absolute atomic E-state index is 0.0887. The Morgan fingerprint density at radius 3 is 2.21 bits per heavy atom. The Bertz CT molecular complexity index is 807. The average molecular weight is 386 g/mol. The van der Waals surface area contributed by atoms with Gasteiger partial charge in [-0.05, 0) is 50.1 Å². The van der Waals surface area contributed by atoms with Crippen molar-refractivity contribution in [3.63, 3.8) is 0 Å². The van der Waals surface area contributed by atoms with Gasteiger partial charge in [0.2, 0.25) is 5.91 Å². The Balaban J connectivity index is 1.82. The highest BCUT2D eigenvalue weighted by Gasteiger charge is 2.11. The molecule has 0 unspecified atom stereocenters. The average Bonchev–Trinajstić information content (AvgIpc) is 2.68. The summed E-state index contributed by atoms with van der Waals surface area (Å²) >= 11 is 0. The molecule has 0 saturated heterocycles. The van der Waals surface area contributed by atoms with Gasteiger partial charge in [0.05, 0.1) is 19.6 Å². The van der Waals surface area contributed by atoms with E-state index in [1.165, 1.54) is 0 Å². The normalized spacial score (nSPS) is 10.1. The van der Waals surface area contributed by atoms with Crippen LogP contribution in [-0.2, 0) is 16.0 Å². The van der Waals surface area contributed by atoms with E-state index >= 15 is 0 Å². The number of carbonyl (C=O) groups is 2. The molecule has 2 aromatic rings. The van der Waals surface area contributed by atoms with Crippen molar-refractivity contribution in [3.8, 4) is 17.2 Å². The second kappa shape index (κ2) is 10.8. The summed E-state index contributed by atoms with van der Waals surface area (Å²) in [5.41, 5.74) is 6.40. The van der Waals surface area contributed by atoms with Crippen LogP contribution in [0.3, 0.4) is 0 Å². The van der Waals surface area contributed by atoms with Crippen LogP contribution < -0.4 is 25.1 Å². The van der Waals surface area contributed by atoms with Crippen LogP contribution in [0.5, 0.6) is 17.2 Å². The van der Waals surface area contributed by atoms with Gasteiger partial charge in [0.25, 0.3) is 5.91 Å². The molecule has 7 heteroatoms. The summed E-state index contributed by atoms with van der Waals surface area (Å²) in [6, 6.07) is 12.7. The molecule has 2 rings (SSSR count). The van der Waals surface area contributed by atoms with Crippen molar-refractivity contribution in [3.05, 3.63) is 53.6 Å². The minimum Gasteiger partial charge on any atom is -0.490 e. The molecule has 150 valence electrons. The predicted octanol–water partition coefficient (Wildman–Crippen LogP) is 2.56. The van der Waals surface area contributed by atoms with E-state index in [0.717, 1.165) is 11.1 Å². The van der Waals surface area contributed by atoms with Crippen molar-refractivity contribution < 1.29 is 23.8 Å². The molecule has 0 atom stereocenters. The molecule has 2 aromatic carbocycles. The lowest BCUT2D eigenvalue weighted by molar-refractivity contribution is -0.129. The maximum atomic E-state index is 12.1. The van der Waals surface area contributed by atoms with E-state index in [-0.39, 0.29) is 18.9 Å². The minimum atomic E-state index is -0.446. The number of hydrogen-bond donors (Lipinski definition) is 2. The van der Waals surface area contributed by atoms with Gasteiger partial charge in [-0.3, -0.25) is 20.4 Å². The summed E-state index contributed by atoms with van der Waals surface area (Å²) in [4.78, 5) is 23.9. The third-order valence-corrected chi connectivity index (χ3v) is 3.77. The molecule has 0 saturated carbocycles. The summed E-state index contributed by atoms with van der Waals surface area (Å²) < 4.78 is 16.5. The fourth-order valence-corrected chi connectivity index (χ4v) is 2.47. The number of nitrogens with one attached hydrogen (secondary N) is 2. The molecule has 28 heavy (non-hydrogen) atoms. The molecule has 0 bridgehead atoms. The monoisotopic (exact) mass is 386 g/mol. The number of hydrazine groups is 1. The van der Waals surface area contributed by atoms with Gasteiger partial charge in [0.1, 0.15) is 5.75 Å². The van der Waals surface area contributed by atoms with Crippen LogP contribution in [-0.4, -0.2) is 31.6 Å². The molecule has 2 amide bonds. The lowest BCUT2D eigenvalue weighted by Gasteiger charge is -2.13. The molecule has 0 aliphatic carbocycles. The standard InChI is InChI=1S/C21H26N2O5/c1-4-26-18-11-10-16(12-19(18)27-5-2)13-20(24)22-23-21(25)14-28-17-9-7-6-8-15(17)3/h6-12H,4-5,13-14H2,1-3H3,(H,22,24)(H,23,25). The van der Waals surface area contributed by atoms with Crippen LogP contribution in [0.15, 0.2) is 42.5 Å². The zero-order chi connectivity index (χ0) is 20.4. The van der Waals surface area contributed by atoms with Crippen LogP contribution >= 0.6 is 0 Å².